The van der Waals surface area contributed by atoms with E-state index in [1.165, 1.54) is 0 Å². The van der Waals surface area contributed by atoms with E-state index in [2.05, 4.69) is 19.2 Å². The Hall–Kier alpha value is -0.770. The van der Waals surface area contributed by atoms with Gasteiger partial charge in [-0.25, -0.2) is 0 Å². The summed E-state index contributed by atoms with van der Waals surface area (Å²) >= 11 is 5.89. The summed E-state index contributed by atoms with van der Waals surface area (Å²) in [4.78, 5) is 0. The molecule has 1 aromatic carbocycles. The van der Waals surface area contributed by atoms with E-state index in [4.69, 9.17) is 16.3 Å². The van der Waals surface area contributed by atoms with Crippen molar-refractivity contribution in [3.05, 3.63) is 29.3 Å². The van der Waals surface area contributed by atoms with Gasteiger partial charge in [0, 0.05) is 23.7 Å². The lowest BCUT2D eigenvalue weighted by atomic mass is 9.79. The monoisotopic (exact) mass is 283 g/mol. The van der Waals surface area contributed by atoms with Crippen LogP contribution in [0.15, 0.2) is 24.3 Å². The molecule has 1 aliphatic rings. The molecule has 1 fully saturated rings. The Balaban J connectivity index is 2.16. The van der Waals surface area contributed by atoms with Gasteiger partial charge >= 0.3 is 0 Å². The molecule has 106 valence electrons. The Labute approximate surface area is 119 Å². The molecule has 1 aliphatic heterocycles. The van der Waals surface area contributed by atoms with E-state index < -0.39 is 0 Å². The number of aliphatic hydroxyl groups is 1. The largest absolute Gasteiger partial charge is 0.394 e. The van der Waals surface area contributed by atoms with Gasteiger partial charge in [0.1, 0.15) is 0 Å². The van der Waals surface area contributed by atoms with E-state index in [-0.39, 0.29) is 17.7 Å². The number of aliphatic hydroxyl groups excluding tert-OH is 1. The molecule has 1 heterocycles. The molecule has 0 saturated carbocycles. The van der Waals surface area contributed by atoms with E-state index in [1.54, 1.807) is 0 Å². The fraction of sp³-hybridized carbons (Fsp3) is 0.600. The van der Waals surface area contributed by atoms with Crippen molar-refractivity contribution < 1.29 is 9.84 Å². The molecular formula is C15H22ClNO2. The minimum Gasteiger partial charge on any atom is -0.394 e. The third-order valence-electron chi connectivity index (χ3n) is 4.05. The zero-order valence-corrected chi connectivity index (χ0v) is 12.3. The molecule has 2 N–H and O–H groups in total. The Morgan fingerprint density at radius 2 is 2.05 bits per heavy atom. The van der Waals surface area contributed by atoms with Crippen molar-refractivity contribution >= 4 is 17.3 Å². The van der Waals surface area contributed by atoms with Gasteiger partial charge in [-0.3, -0.25) is 0 Å². The van der Waals surface area contributed by atoms with Crippen LogP contribution in [0.1, 0.15) is 33.1 Å². The fourth-order valence-corrected chi connectivity index (χ4v) is 2.82. The maximum absolute atomic E-state index is 9.84. The van der Waals surface area contributed by atoms with Crippen LogP contribution in [0.25, 0.3) is 0 Å². The van der Waals surface area contributed by atoms with Crippen molar-refractivity contribution in [1.29, 1.82) is 0 Å². The van der Waals surface area contributed by atoms with Gasteiger partial charge in [0.25, 0.3) is 0 Å². The third-order valence-corrected chi connectivity index (χ3v) is 4.30. The summed E-state index contributed by atoms with van der Waals surface area (Å²) in [5.41, 5.74) is 0.510. The number of ether oxygens (including phenoxy) is 1. The first kappa shape index (κ1) is 14.6. The molecule has 0 spiro atoms. The van der Waals surface area contributed by atoms with Crippen molar-refractivity contribution in [3.8, 4) is 0 Å². The van der Waals surface area contributed by atoms with Crippen molar-refractivity contribution in [2.45, 2.75) is 44.2 Å². The predicted molar refractivity (Wildman–Crippen MR) is 78.8 cm³/mol. The normalized spacial score (nSPS) is 31.2. The summed E-state index contributed by atoms with van der Waals surface area (Å²) in [7, 11) is 0. The number of halogens is 1. The van der Waals surface area contributed by atoms with Crippen LogP contribution in [0.2, 0.25) is 5.02 Å². The number of rotatable bonds is 4. The molecule has 19 heavy (non-hydrogen) atoms. The van der Waals surface area contributed by atoms with Crippen LogP contribution < -0.4 is 5.32 Å². The van der Waals surface area contributed by atoms with E-state index in [0.717, 1.165) is 24.9 Å². The highest BCUT2D eigenvalue weighted by atomic mass is 35.5. The van der Waals surface area contributed by atoms with Crippen molar-refractivity contribution in [1.82, 2.24) is 0 Å². The number of benzene rings is 1. The Kier molecular flexibility index (Phi) is 4.39. The zero-order valence-electron chi connectivity index (χ0n) is 11.6. The van der Waals surface area contributed by atoms with Crippen molar-refractivity contribution in [2.75, 3.05) is 18.5 Å². The van der Waals surface area contributed by atoms with Gasteiger partial charge in [0.2, 0.25) is 0 Å². The summed E-state index contributed by atoms with van der Waals surface area (Å²) in [6.45, 7) is 5.01. The molecule has 4 heteroatoms. The summed E-state index contributed by atoms with van der Waals surface area (Å²) in [6.07, 6.45) is 2.55. The molecule has 0 radical (unpaired) electrons. The van der Waals surface area contributed by atoms with Gasteiger partial charge in [-0.15, -0.1) is 0 Å². The van der Waals surface area contributed by atoms with Crippen LogP contribution in [0.5, 0.6) is 0 Å². The fourth-order valence-electron chi connectivity index (χ4n) is 2.70. The first-order chi connectivity index (χ1) is 9.01. The van der Waals surface area contributed by atoms with E-state index in [0.29, 0.717) is 11.6 Å². The molecule has 1 aromatic rings. The second-order valence-electron chi connectivity index (χ2n) is 5.65. The smallest absolute Gasteiger partial charge is 0.0675 e. The summed E-state index contributed by atoms with van der Waals surface area (Å²) < 4.78 is 5.86. The molecule has 3 nitrogen and oxygen atoms in total. The highest BCUT2D eigenvalue weighted by Gasteiger charge is 2.42. The molecule has 0 bridgehead atoms. The van der Waals surface area contributed by atoms with Crippen LogP contribution in [-0.4, -0.2) is 29.5 Å². The van der Waals surface area contributed by atoms with E-state index in [9.17, 15) is 5.11 Å². The standard InChI is InChI=1S/C15H22ClNO2/c1-3-14(2)10-15(11-18,8-9-19-14)17-13-6-4-12(16)5-7-13/h4-7,17-18H,3,8-11H2,1-2H3. The predicted octanol–water partition coefficient (Wildman–Crippen LogP) is 3.46. The van der Waals surface area contributed by atoms with Crippen molar-refractivity contribution in [3.63, 3.8) is 0 Å². The summed E-state index contributed by atoms with van der Waals surface area (Å²) in [6, 6.07) is 7.59. The highest BCUT2D eigenvalue weighted by Crippen LogP contribution is 2.36. The van der Waals surface area contributed by atoms with E-state index in [1.807, 2.05) is 24.3 Å². The number of hydrogen-bond acceptors (Lipinski definition) is 3. The molecule has 0 aromatic heterocycles. The molecule has 2 atom stereocenters. The molecule has 0 amide bonds. The lowest BCUT2D eigenvalue weighted by molar-refractivity contribution is -0.0973. The molecule has 1 saturated heterocycles. The van der Waals surface area contributed by atoms with Crippen LogP contribution in [-0.2, 0) is 4.74 Å². The lowest BCUT2D eigenvalue weighted by Crippen LogP contribution is -2.54. The van der Waals surface area contributed by atoms with Gasteiger partial charge in [0.15, 0.2) is 0 Å². The maximum Gasteiger partial charge on any atom is 0.0675 e. The average Bonchev–Trinajstić information content (AvgIpc) is 2.42. The average molecular weight is 284 g/mol. The van der Waals surface area contributed by atoms with Crippen LogP contribution in [0, 0.1) is 0 Å². The molecular weight excluding hydrogens is 262 g/mol. The maximum atomic E-state index is 9.84. The topological polar surface area (TPSA) is 41.5 Å². The SMILES string of the molecule is CCC1(C)CC(CO)(Nc2ccc(Cl)cc2)CCO1. The number of hydrogen-bond donors (Lipinski definition) is 2. The quantitative estimate of drug-likeness (QED) is 0.889. The van der Waals surface area contributed by atoms with Gasteiger partial charge in [-0.1, -0.05) is 18.5 Å². The third kappa shape index (κ3) is 3.41. The Morgan fingerprint density at radius 1 is 1.37 bits per heavy atom. The first-order valence-corrected chi connectivity index (χ1v) is 7.17. The van der Waals surface area contributed by atoms with Crippen molar-refractivity contribution in [2.24, 2.45) is 0 Å². The van der Waals surface area contributed by atoms with Crippen LogP contribution in [0.4, 0.5) is 5.69 Å². The molecule has 0 aliphatic carbocycles. The van der Waals surface area contributed by atoms with Gasteiger partial charge in [-0.05, 0) is 44.0 Å². The van der Waals surface area contributed by atoms with Gasteiger partial charge in [0.05, 0.1) is 17.7 Å². The molecule has 2 rings (SSSR count). The van der Waals surface area contributed by atoms with Gasteiger partial charge < -0.3 is 15.2 Å². The van der Waals surface area contributed by atoms with Gasteiger partial charge in [-0.2, -0.15) is 0 Å². The van der Waals surface area contributed by atoms with E-state index >= 15 is 0 Å². The lowest BCUT2D eigenvalue weighted by Gasteiger charge is -2.46. The zero-order chi connectivity index (χ0) is 13.9. The molecule has 2 unspecified atom stereocenters. The summed E-state index contributed by atoms with van der Waals surface area (Å²) in [5.74, 6) is 0. The minimum atomic E-state index is -0.309. The second-order valence-corrected chi connectivity index (χ2v) is 6.09. The Morgan fingerprint density at radius 3 is 2.63 bits per heavy atom. The first-order valence-electron chi connectivity index (χ1n) is 6.79. The second kappa shape index (κ2) is 5.70. The number of nitrogens with one attached hydrogen (secondary N) is 1. The number of anilines is 1. The summed E-state index contributed by atoms with van der Waals surface area (Å²) in [5, 5.41) is 14.0. The Bertz CT molecular complexity index is 423. The minimum absolute atomic E-state index is 0.106. The highest BCUT2D eigenvalue weighted by molar-refractivity contribution is 6.30. The van der Waals surface area contributed by atoms with Crippen LogP contribution in [0.3, 0.4) is 0 Å². The van der Waals surface area contributed by atoms with Crippen LogP contribution >= 0.6 is 11.6 Å².